The predicted octanol–water partition coefficient (Wildman–Crippen LogP) is 1.77. The zero-order valence-electron chi connectivity index (χ0n) is 15.0. The largest absolute Gasteiger partial charge is 0.360 e. The van der Waals surface area contributed by atoms with Gasteiger partial charge in [-0.15, -0.1) is 0 Å². The minimum atomic E-state index is -0.443. The summed E-state index contributed by atoms with van der Waals surface area (Å²) in [4.78, 5) is 30.4. The van der Waals surface area contributed by atoms with E-state index in [9.17, 15) is 9.59 Å². The van der Waals surface area contributed by atoms with Gasteiger partial charge < -0.3 is 19.2 Å². The second-order valence-corrected chi connectivity index (χ2v) is 7.51. The zero-order valence-corrected chi connectivity index (χ0v) is 15.0. The number of aromatic nitrogens is 1. The van der Waals surface area contributed by atoms with Crippen LogP contribution in [0.1, 0.15) is 48.5 Å². The Balaban J connectivity index is 1.79. The van der Waals surface area contributed by atoms with E-state index in [4.69, 9.17) is 4.52 Å². The standard InChI is InChI=1S/C17H26N4O3/c1-17(2)11-20(16(23)19(3)4)9-10-21(17)15(22)14-12-7-5-6-8-13(12)24-18-14/h5-11H2,1-4H3. The van der Waals surface area contributed by atoms with E-state index >= 15 is 0 Å². The maximum absolute atomic E-state index is 13.0. The van der Waals surface area contributed by atoms with Crippen molar-refractivity contribution in [3.63, 3.8) is 0 Å². The van der Waals surface area contributed by atoms with Crippen LogP contribution in [0.15, 0.2) is 4.52 Å². The van der Waals surface area contributed by atoms with Crippen LogP contribution in [-0.4, -0.2) is 71.1 Å². The molecule has 7 nitrogen and oxygen atoms in total. The second-order valence-electron chi connectivity index (χ2n) is 7.51. The van der Waals surface area contributed by atoms with Crippen molar-refractivity contribution >= 4 is 11.9 Å². The smallest absolute Gasteiger partial charge is 0.319 e. The van der Waals surface area contributed by atoms with Gasteiger partial charge >= 0.3 is 6.03 Å². The Bertz CT molecular complexity index is 650. The lowest BCUT2D eigenvalue weighted by Gasteiger charge is -2.47. The van der Waals surface area contributed by atoms with Crippen molar-refractivity contribution in [2.75, 3.05) is 33.7 Å². The van der Waals surface area contributed by atoms with Crippen molar-refractivity contribution < 1.29 is 14.1 Å². The van der Waals surface area contributed by atoms with E-state index in [-0.39, 0.29) is 11.9 Å². The first-order valence-electron chi connectivity index (χ1n) is 8.57. The maximum Gasteiger partial charge on any atom is 0.319 e. The Kier molecular flexibility index (Phi) is 4.27. The van der Waals surface area contributed by atoms with Gasteiger partial charge in [0.15, 0.2) is 5.69 Å². The number of piperazine rings is 1. The summed E-state index contributed by atoms with van der Waals surface area (Å²) in [5.74, 6) is 0.785. The molecule has 2 aliphatic rings. The summed E-state index contributed by atoms with van der Waals surface area (Å²) < 4.78 is 5.39. The molecule has 0 aromatic carbocycles. The molecule has 1 aromatic rings. The molecule has 1 fully saturated rings. The molecule has 1 aromatic heterocycles. The van der Waals surface area contributed by atoms with Gasteiger partial charge in [0.1, 0.15) is 5.76 Å². The van der Waals surface area contributed by atoms with Gasteiger partial charge in [0.2, 0.25) is 0 Å². The number of urea groups is 1. The molecule has 0 spiro atoms. The van der Waals surface area contributed by atoms with E-state index in [0.717, 1.165) is 37.0 Å². The molecule has 0 unspecified atom stereocenters. The topological polar surface area (TPSA) is 69.9 Å². The summed E-state index contributed by atoms with van der Waals surface area (Å²) in [5.41, 5.74) is 1.00. The molecule has 0 N–H and O–H groups in total. The van der Waals surface area contributed by atoms with Gasteiger partial charge in [0.25, 0.3) is 5.91 Å². The minimum Gasteiger partial charge on any atom is -0.360 e. The Hall–Kier alpha value is -2.05. The summed E-state index contributed by atoms with van der Waals surface area (Å²) in [6.07, 6.45) is 3.89. The highest BCUT2D eigenvalue weighted by molar-refractivity contribution is 5.94. The number of aryl methyl sites for hydroxylation is 1. The van der Waals surface area contributed by atoms with Crippen LogP contribution in [0, 0.1) is 0 Å². The van der Waals surface area contributed by atoms with E-state index in [1.165, 1.54) is 0 Å². The Morgan fingerprint density at radius 1 is 1.17 bits per heavy atom. The van der Waals surface area contributed by atoms with Gasteiger partial charge in [0.05, 0.1) is 5.54 Å². The molecular weight excluding hydrogens is 308 g/mol. The number of carbonyl (C=O) groups is 2. The molecule has 3 amide bonds. The van der Waals surface area contributed by atoms with Crippen LogP contribution >= 0.6 is 0 Å². The average molecular weight is 334 g/mol. The molecule has 2 heterocycles. The van der Waals surface area contributed by atoms with E-state index in [1.54, 1.807) is 23.9 Å². The summed E-state index contributed by atoms with van der Waals surface area (Å²) >= 11 is 0. The molecule has 1 aliphatic heterocycles. The lowest BCUT2D eigenvalue weighted by Crippen LogP contribution is -2.63. The lowest BCUT2D eigenvalue weighted by atomic mass is 9.94. The SMILES string of the molecule is CN(C)C(=O)N1CCN(C(=O)c2noc3c2CCCC3)C(C)(C)C1. The third kappa shape index (κ3) is 2.87. The molecule has 0 bridgehead atoms. The molecule has 0 saturated carbocycles. The summed E-state index contributed by atoms with van der Waals surface area (Å²) in [6.45, 7) is 5.54. The number of nitrogens with zero attached hydrogens (tertiary/aromatic N) is 4. The first kappa shape index (κ1) is 16.8. The number of rotatable bonds is 1. The van der Waals surface area contributed by atoms with Gasteiger partial charge in [-0.25, -0.2) is 4.79 Å². The third-order valence-corrected chi connectivity index (χ3v) is 4.95. The number of hydrogen-bond donors (Lipinski definition) is 0. The molecule has 1 saturated heterocycles. The highest BCUT2D eigenvalue weighted by atomic mass is 16.5. The van der Waals surface area contributed by atoms with Crippen molar-refractivity contribution in [2.24, 2.45) is 0 Å². The molecule has 3 rings (SSSR count). The fourth-order valence-electron chi connectivity index (χ4n) is 3.66. The van der Waals surface area contributed by atoms with Crippen molar-refractivity contribution in [1.29, 1.82) is 0 Å². The van der Waals surface area contributed by atoms with Crippen molar-refractivity contribution in [2.45, 2.75) is 45.1 Å². The zero-order chi connectivity index (χ0) is 17.5. The Morgan fingerprint density at radius 2 is 1.88 bits per heavy atom. The summed E-state index contributed by atoms with van der Waals surface area (Å²) in [6, 6.07) is -0.0195. The molecular formula is C17H26N4O3. The number of hydrogen-bond acceptors (Lipinski definition) is 4. The van der Waals surface area contributed by atoms with E-state index in [0.29, 0.717) is 25.3 Å². The molecule has 0 radical (unpaired) electrons. The fourth-order valence-corrected chi connectivity index (χ4v) is 3.66. The second kappa shape index (κ2) is 6.11. The normalized spacial score (nSPS) is 19.8. The lowest BCUT2D eigenvalue weighted by molar-refractivity contribution is 0.0232. The van der Waals surface area contributed by atoms with E-state index in [1.807, 2.05) is 18.7 Å². The van der Waals surface area contributed by atoms with Gasteiger partial charge in [0, 0.05) is 45.7 Å². The minimum absolute atomic E-state index is 0.0195. The molecule has 0 atom stereocenters. The van der Waals surface area contributed by atoms with E-state index < -0.39 is 5.54 Å². The maximum atomic E-state index is 13.0. The van der Waals surface area contributed by atoms with Crippen LogP contribution in [0.3, 0.4) is 0 Å². The first-order valence-corrected chi connectivity index (χ1v) is 8.57. The summed E-state index contributed by atoms with van der Waals surface area (Å²) in [5, 5.41) is 4.07. The fraction of sp³-hybridized carbons (Fsp3) is 0.706. The van der Waals surface area contributed by atoms with Gasteiger partial charge in [-0.1, -0.05) is 5.16 Å². The Morgan fingerprint density at radius 3 is 2.54 bits per heavy atom. The van der Waals surface area contributed by atoms with Crippen molar-refractivity contribution in [3.05, 3.63) is 17.0 Å². The number of fused-ring (bicyclic) bond motifs is 1. The van der Waals surface area contributed by atoms with Crippen molar-refractivity contribution in [3.8, 4) is 0 Å². The predicted molar refractivity (Wildman–Crippen MR) is 88.9 cm³/mol. The van der Waals surface area contributed by atoms with Crippen LogP contribution in [0.2, 0.25) is 0 Å². The highest BCUT2D eigenvalue weighted by Crippen LogP contribution is 2.28. The Labute approximate surface area is 142 Å². The van der Waals surface area contributed by atoms with Crippen LogP contribution < -0.4 is 0 Å². The van der Waals surface area contributed by atoms with Gasteiger partial charge in [-0.2, -0.15) is 0 Å². The van der Waals surface area contributed by atoms with Gasteiger partial charge in [-0.3, -0.25) is 4.79 Å². The van der Waals surface area contributed by atoms with Crippen LogP contribution in [0.5, 0.6) is 0 Å². The van der Waals surface area contributed by atoms with Crippen molar-refractivity contribution in [1.82, 2.24) is 19.9 Å². The molecule has 132 valence electrons. The van der Waals surface area contributed by atoms with Crippen LogP contribution in [0.25, 0.3) is 0 Å². The monoisotopic (exact) mass is 334 g/mol. The first-order chi connectivity index (χ1) is 11.3. The van der Waals surface area contributed by atoms with E-state index in [2.05, 4.69) is 5.16 Å². The molecule has 1 aliphatic carbocycles. The summed E-state index contributed by atoms with van der Waals surface area (Å²) in [7, 11) is 3.49. The number of carbonyl (C=O) groups excluding carboxylic acids is 2. The molecule has 24 heavy (non-hydrogen) atoms. The highest BCUT2D eigenvalue weighted by Gasteiger charge is 2.41. The number of amides is 3. The van der Waals surface area contributed by atoms with Crippen LogP contribution in [-0.2, 0) is 12.8 Å². The average Bonchev–Trinajstić information content (AvgIpc) is 2.96. The third-order valence-electron chi connectivity index (χ3n) is 4.95. The van der Waals surface area contributed by atoms with Gasteiger partial charge in [-0.05, 0) is 33.1 Å². The quantitative estimate of drug-likeness (QED) is 0.785. The molecule has 7 heteroatoms. The van der Waals surface area contributed by atoms with Crippen LogP contribution in [0.4, 0.5) is 4.79 Å².